The predicted octanol–water partition coefficient (Wildman–Crippen LogP) is 4.96. The van der Waals surface area contributed by atoms with Crippen LogP contribution in [-0.4, -0.2) is 41.1 Å². The first-order valence-electron chi connectivity index (χ1n) is 13.1. The minimum absolute atomic E-state index is 0.109. The van der Waals surface area contributed by atoms with E-state index in [1.165, 1.54) is 46.2 Å². The molecule has 2 atom stereocenters. The second kappa shape index (κ2) is 10.4. The van der Waals surface area contributed by atoms with Crippen LogP contribution in [-0.2, 0) is 35.5 Å². The van der Waals surface area contributed by atoms with Gasteiger partial charge in [-0.15, -0.1) is 0 Å². The molecule has 0 radical (unpaired) electrons. The molecule has 0 saturated heterocycles. The molecule has 196 valence electrons. The number of methoxy groups -OCH3 is 1. The number of carbonyl (C=O) groups excluding carboxylic acids is 1. The van der Waals surface area contributed by atoms with Crippen molar-refractivity contribution >= 4 is 11.7 Å². The Bertz CT molecular complexity index is 1100. The Balaban J connectivity index is 1.68. The standard InChI is InChI=1S/C30H41NO5/c1-18(2)27-24(12-11-22(32)13-23(33)14-26(34)35-6)29-25(15-30(4,5)36-29)19(3)28(27)31-16-20-9-7-8-10-21(20)17-31/h7-10,18,22-23,32-33H,11-17H2,1-6H3. The number of aliphatic hydroxyl groups excluding tert-OH is 2. The summed E-state index contributed by atoms with van der Waals surface area (Å²) in [5.74, 6) is 0.779. The highest BCUT2D eigenvalue weighted by atomic mass is 16.5. The molecule has 0 fully saturated rings. The quantitative estimate of drug-likeness (QED) is 0.479. The largest absolute Gasteiger partial charge is 0.487 e. The molecule has 2 aromatic rings. The third-order valence-corrected chi connectivity index (χ3v) is 7.55. The van der Waals surface area contributed by atoms with Crippen molar-refractivity contribution in [3.05, 3.63) is 57.6 Å². The molecule has 2 heterocycles. The van der Waals surface area contributed by atoms with Gasteiger partial charge in [-0.2, -0.15) is 0 Å². The van der Waals surface area contributed by atoms with Crippen LogP contribution in [0.3, 0.4) is 0 Å². The Labute approximate surface area is 215 Å². The first kappa shape index (κ1) is 26.5. The van der Waals surface area contributed by atoms with Gasteiger partial charge in [-0.3, -0.25) is 4.79 Å². The Morgan fingerprint density at radius 3 is 2.36 bits per heavy atom. The molecule has 2 aliphatic rings. The zero-order chi connectivity index (χ0) is 26.2. The third kappa shape index (κ3) is 5.40. The number of anilines is 1. The molecular formula is C30H41NO5. The summed E-state index contributed by atoms with van der Waals surface area (Å²) in [6, 6.07) is 8.66. The maximum atomic E-state index is 11.5. The molecule has 2 aromatic carbocycles. The van der Waals surface area contributed by atoms with E-state index in [1.807, 2.05) is 0 Å². The lowest BCUT2D eigenvalue weighted by molar-refractivity contribution is -0.143. The number of rotatable bonds is 9. The Kier molecular flexibility index (Phi) is 7.67. The number of fused-ring (bicyclic) bond motifs is 2. The van der Waals surface area contributed by atoms with Crippen molar-refractivity contribution in [2.75, 3.05) is 12.0 Å². The average molecular weight is 496 g/mol. The number of hydrogen-bond acceptors (Lipinski definition) is 6. The van der Waals surface area contributed by atoms with Crippen LogP contribution in [0, 0.1) is 6.92 Å². The van der Waals surface area contributed by atoms with E-state index in [0.717, 1.165) is 25.3 Å². The lowest BCUT2D eigenvalue weighted by atomic mass is 9.84. The number of esters is 1. The van der Waals surface area contributed by atoms with Gasteiger partial charge in [-0.25, -0.2) is 0 Å². The topological polar surface area (TPSA) is 79.2 Å². The van der Waals surface area contributed by atoms with Gasteiger partial charge in [-0.05, 0) is 68.2 Å². The molecule has 0 spiro atoms. The summed E-state index contributed by atoms with van der Waals surface area (Å²) >= 11 is 0. The van der Waals surface area contributed by atoms with Crippen molar-refractivity contribution in [1.29, 1.82) is 0 Å². The van der Waals surface area contributed by atoms with Crippen LogP contribution < -0.4 is 9.64 Å². The molecule has 2 aliphatic heterocycles. The fourth-order valence-electron chi connectivity index (χ4n) is 5.91. The van der Waals surface area contributed by atoms with Gasteiger partial charge in [0.1, 0.15) is 11.4 Å². The highest BCUT2D eigenvalue weighted by molar-refractivity contribution is 5.72. The van der Waals surface area contributed by atoms with E-state index >= 15 is 0 Å². The van der Waals surface area contributed by atoms with Crippen LogP contribution in [0.5, 0.6) is 5.75 Å². The van der Waals surface area contributed by atoms with E-state index in [-0.39, 0.29) is 24.4 Å². The fourth-order valence-corrected chi connectivity index (χ4v) is 5.91. The van der Waals surface area contributed by atoms with Gasteiger partial charge >= 0.3 is 5.97 Å². The number of carbonyl (C=O) groups is 1. The summed E-state index contributed by atoms with van der Waals surface area (Å²) in [4.78, 5) is 14.0. The smallest absolute Gasteiger partial charge is 0.308 e. The zero-order valence-electron chi connectivity index (χ0n) is 22.6. The number of benzene rings is 2. The van der Waals surface area contributed by atoms with Crippen molar-refractivity contribution in [3.63, 3.8) is 0 Å². The molecule has 0 amide bonds. The average Bonchev–Trinajstić information content (AvgIpc) is 3.37. The van der Waals surface area contributed by atoms with E-state index < -0.39 is 18.2 Å². The van der Waals surface area contributed by atoms with Crippen LogP contribution in [0.4, 0.5) is 5.69 Å². The molecule has 2 unspecified atom stereocenters. The summed E-state index contributed by atoms with van der Waals surface area (Å²) in [6.07, 6.45) is 0.365. The maximum Gasteiger partial charge on any atom is 0.308 e. The van der Waals surface area contributed by atoms with Gasteiger partial charge < -0.3 is 24.6 Å². The SMILES string of the molecule is COC(=O)CC(O)CC(O)CCc1c2c(c(C)c(N3Cc4ccccc4C3)c1C(C)C)CC(C)(C)O2. The minimum atomic E-state index is -0.922. The lowest BCUT2D eigenvalue weighted by Crippen LogP contribution is -2.25. The van der Waals surface area contributed by atoms with Crippen LogP contribution >= 0.6 is 0 Å². The number of ether oxygens (including phenoxy) is 2. The van der Waals surface area contributed by atoms with Crippen LogP contribution in [0.1, 0.15) is 86.3 Å². The highest BCUT2D eigenvalue weighted by Crippen LogP contribution is 2.49. The van der Waals surface area contributed by atoms with Crippen LogP contribution in [0.2, 0.25) is 0 Å². The van der Waals surface area contributed by atoms with Crippen molar-refractivity contribution in [2.24, 2.45) is 0 Å². The zero-order valence-corrected chi connectivity index (χ0v) is 22.6. The van der Waals surface area contributed by atoms with Crippen LogP contribution in [0.15, 0.2) is 24.3 Å². The maximum absolute atomic E-state index is 11.5. The van der Waals surface area contributed by atoms with Gasteiger partial charge in [0.05, 0.1) is 25.7 Å². The third-order valence-electron chi connectivity index (χ3n) is 7.55. The van der Waals surface area contributed by atoms with Gasteiger partial charge in [-0.1, -0.05) is 38.1 Å². The Hall–Kier alpha value is -2.57. The molecule has 0 saturated carbocycles. The number of aliphatic hydroxyl groups is 2. The minimum Gasteiger partial charge on any atom is -0.487 e. The lowest BCUT2D eigenvalue weighted by Gasteiger charge is -2.30. The fraction of sp³-hybridized carbons (Fsp3) is 0.567. The Morgan fingerprint density at radius 2 is 1.78 bits per heavy atom. The second-order valence-corrected chi connectivity index (χ2v) is 11.4. The van der Waals surface area contributed by atoms with Gasteiger partial charge in [0.2, 0.25) is 0 Å². The van der Waals surface area contributed by atoms with Gasteiger partial charge in [0, 0.05) is 36.3 Å². The van der Waals surface area contributed by atoms with E-state index in [1.54, 1.807) is 0 Å². The Morgan fingerprint density at radius 1 is 1.14 bits per heavy atom. The summed E-state index contributed by atoms with van der Waals surface area (Å²) in [5.41, 5.74) is 8.80. The highest BCUT2D eigenvalue weighted by Gasteiger charge is 2.38. The van der Waals surface area contributed by atoms with Gasteiger partial charge in [0.25, 0.3) is 0 Å². The van der Waals surface area contributed by atoms with Crippen molar-refractivity contribution in [1.82, 2.24) is 0 Å². The molecule has 0 aliphatic carbocycles. The normalized spacial score (nSPS) is 17.5. The van der Waals surface area contributed by atoms with E-state index in [2.05, 4.69) is 68.5 Å². The molecular weight excluding hydrogens is 454 g/mol. The molecule has 2 N–H and O–H groups in total. The van der Waals surface area contributed by atoms with Gasteiger partial charge in [0.15, 0.2) is 0 Å². The predicted molar refractivity (Wildman–Crippen MR) is 142 cm³/mol. The molecule has 6 nitrogen and oxygen atoms in total. The van der Waals surface area contributed by atoms with E-state index in [4.69, 9.17) is 4.74 Å². The number of nitrogens with zero attached hydrogens (tertiary/aromatic N) is 1. The summed E-state index contributed by atoms with van der Waals surface area (Å²) < 4.78 is 11.2. The van der Waals surface area contributed by atoms with Crippen molar-refractivity contribution in [3.8, 4) is 5.75 Å². The molecule has 6 heteroatoms. The van der Waals surface area contributed by atoms with Crippen molar-refractivity contribution in [2.45, 2.75) is 104 Å². The molecule has 36 heavy (non-hydrogen) atoms. The van der Waals surface area contributed by atoms with E-state index in [9.17, 15) is 15.0 Å². The van der Waals surface area contributed by atoms with Crippen LogP contribution in [0.25, 0.3) is 0 Å². The summed E-state index contributed by atoms with van der Waals surface area (Å²) in [6.45, 7) is 12.7. The summed E-state index contributed by atoms with van der Waals surface area (Å²) in [7, 11) is 1.30. The number of hydrogen-bond donors (Lipinski definition) is 2. The van der Waals surface area contributed by atoms with E-state index in [0.29, 0.717) is 12.8 Å². The first-order valence-corrected chi connectivity index (χ1v) is 13.1. The second-order valence-electron chi connectivity index (χ2n) is 11.4. The molecule has 4 rings (SSSR count). The molecule has 0 bridgehead atoms. The summed E-state index contributed by atoms with van der Waals surface area (Å²) in [5, 5.41) is 20.9. The first-order chi connectivity index (χ1) is 17.0. The monoisotopic (exact) mass is 495 g/mol. The van der Waals surface area contributed by atoms with Crippen molar-refractivity contribution < 1.29 is 24.5 Å². The molecule has 0 aromatic heterocycles.